The number of nitrogens with one attached hydrogen (secondary N) is 2. The molecule has 2 N–H and O–H groups in total. The van der Waals surface area contributed by atoms with Crippen LogP contribution in [0.5, 0.6) is 0 Å². The van der Waals surface area contributed by atoms with Gasteiger partial charge in [-0.25, -0.2) is 4.79 Å². The zero-order valence-electron chi connectivity index (χ0n) is 14.0. The van der Waals surface area contributed by atoms with E-state index in [2.05, 4.69) is 10.6 Å². The third-order valence-electron chi connectivity index (χ3n) is 4.34. The molecule has 7 heteroatoms. The molecule has 2 rings (SSSR count). The van der Waals surface area contributed by atoms with E-state index in [4.69, 9.17) is 0 Å². The van der Waals surface area contributed by atoms with E-state index >= 15 is 0 Å². The van der Waals surface area contributed by atoms with E-state index in [9.17, 15) is 19.2 Å². The van der Waals surface area contributed by atoms with Gasteiger partial charge in [-0.15, -0.1) is 0 Å². The number of para-hydroxylation sites is 1. The second kappa shape index (κ2) is 6.82. The number of ketones is 1. The minimum absolute atomic E-state index is 0.183. The highest BCUT2D eigenvalue weighted by Crippen LogP contribution is 2.25. The number of carbonyl (C=O) groups excluding carboxylic acids is 4. The molecule has 0 bridgehead atoms. The Labute approximate surface area is 140 Å². The standard InChI is InChI=1S/C17H21N3O4/c1-4-17(5-2)15(23)20(16(24)19-17)10-14(22)18-13-9-7-6-8-12(13)11(3)21/h6-9H,4-5,10H2,1-3H3,(H,18,22)(H,19,24). The summed E-state index contributed by atoms with van der Waals surface area (Å²) in [4.78, 5) is 49.2. The van der Waals surface area contributed by atoms with Gasteiger partial charge in [0.15, 0.2) is 5.78 Å². The molecule has 0 saturated carbocycles. The first-order valence-electron chi connectivity index (χ1n) is 7.88. The fourth-order valence-electron chi connectivity index (χ4n) is 2.78. The predicted octanol–water partition coefficient (Wildman–Crippen LogP) is 1.94. The normalized spacial score (nSPS) is 16.0. The molecule has 0 aromatic heterocycles. The van der Waals surface area contributed by atoms with Crippen molar-refractivity contribution in [1.29, 1.82) is 0 Å². The maximum absolute atomic E-state index is 12.5. The number of urea groups is 1. The zero-order chi connectivity index (χ0) is 17.9. The Balaban J connectivity index is 2.12. The molecule has 1 saturated heterocycles. The molecule has 1 aliphatic heterocycles. The Kier molecular flexibility index (Phi) is 5.02. The largest absolute Gasteiger partial charge is 0.325 e. The molecule has 0 unspecified atom stereocenters. The van der Waals surface area contributed by atoms with E-state index in [0.29, 0.717) is 24.1 Å². The van der Waals surface area contributed by atoms with E-state index in [0.717, 1.165) is 4.90 Å². The highest BCUT2D eigenvalue weighted by atomic mass is 16.2. The first-order chi connectivity index (χ1) is 11.3. The first-order valence-corrected chi connectivity index (χ1v) is 7.88. The van der Waals surface area contributed by atoms with E-state index in [1.54, 1.807) is 24.3 Å². The second-order valence-electron chi connectivity index (χ2n) is 5.76. The summed E-state index contributed by atoms with van der Waals surface area (Å²) in [5.41, 5.74) is -0.201. The van der Waals surface area contributed by atoms with E-state index in [1.165, 1.54) is 6.92 Å². The quantitative estimate of drug-likeness (QED) is 0.615. The van der Waals surface area contributed by atoms with Gasteiger partial charge in [-0.1, -0.05) is 26.0 Å². The number of Topliss-reactive ketones (excluding diaryl/α,β-unsaturated/α-hetero) is 1. The van der Waals surface area contributed by atoms with E-state index in [1.807, 2.05) is 13.8 Å². The molecule has 24 heavy (non-hydrogen) atoms. The van der Waals surface area contributed by atoms with Crippen LogP contribution in [0.2, 0.25) is 0 Å². The lowest BCUT2D eigenvalue weighted by Crippen LogP contribution is -2.46. The molecule has 1 heterocycles. The summed E-state index contributed by atoms with van der Waals surface area (Å²) in [5, 5.41) is 5.26. The van der Waals surface area contributed by atoms with Crippen LogP contribution in [0.25, 0.3) is 0 Å². The van der Waals surface area contributed by atoms with Crippen molar-refractivity contribution < 1.29 is 19.2 Å². The highest BCUT2D eigenvalue weighted by Gasteiger charge is 2.49. The Morgan fingerprint density at radius 2 is 1.79 bits per heavy atom. The van der Waals surface area contributed by atoms with Crippen LogP contribution in [-0.4, -0.2) is 40.6 Å². The SMILES string of the molecule is CCC1(CC)NC(=O)N(CC(=O)Nc2ccccc2C(C)=O)C1=O. The van der Waals surface area contributed by atoms with Crippen LogP contribution in [-0.2, 0) is 9.59 Å². The number of carbonyl (C=O) groups is 4. The molecule has 1 fully saturated rings. The molecule has 0 atom stereocenters. The van der Waals surface area contributed by atoms with Gasteiger partial charge in [0.25, 0.3) is 5.91 Å². The summed E-state index contributed by atoms with van der Waals surface area (Å²) in [7, 11) is 0. The number of imide groups is 1. The number of hydrogen-bond acceptors (Lipinski definition) is 4. The Morgan fingerprint density at radius 3 is 2.33 bits per heavy atom. The van der Waals surface area contributed by atoms with Crippen LogP contribution in [0, 0.1) is 0 Å². The molecule has 0 radical (unpaired) electrons. The average Bonchev–Trinajstić information content (AvgIpc) is 2.79. The zero-order valence-corrected chi connectivity index (χ0v) is 14.0. The fraction of sp³-hybridized carbons (Fsp3) is 0.412. The molecular weight excluding hydrogens is 310 g/mol. The van der Waals surface area contributed by atoms with Gasteiger partial charge in [-0.2, -0.15) is 0 Å². The lowest BCUT2D eigenvalue weighted by molar-refractivity contribution is -0.134. The minimum atomic E-state index is -0.936. The van der Waals surface area contributed by atoms with Gasteiger partial charge >= 0.3 is 6.03 Å². The fourth-order valence-corrected chi connectivity index (χ4v) is 2.78. The Hall–Kier alpha value is -2.70. The van der Waals surface area contributed by atoms with Gasteiger partial charge in [0.05, 0.1) is 5.69 Å². The lowest BCUT2D eigenvalue weighted by Gasteiger charge is -2.23. The first kappa shape index (κ1) is 17.7. The summed E-state index contributed by atoms with van der Waals surface area (Å²) in [6.45, 7) is 4.64. The average molecular weight is 331 g/mol. The number of nitrogens with zero attached hydrogens (tertiary/aromatic N) is 1. The summed E-state index contributed by atoms with van der Waals surface area (Å²) in [6, 6.07) is 6.02. The highest BCUT2D eigenvalue weighted by molar-refractivity contribution is 6.11. The van der Waals surface area contributed by atoms with Crippen LogP contribution in [0.3, 0.4) is 0 Å². The van der Waals surface area contributed by atoms with Crippen molar-refractivity contribution in [2.75, 3.05) is 11.9 Å². The molecular formula is C17H21N3O4. The van der Waals surface area contributed by atoms with E-state index < -0.39 is 29.9 Å². The number of hydrogen-bond donors (Lipinski definition) is 2. The van der Waals surface area contributed by atoms with Crippen molar-refractivity contribution in [1.82, 2.24) is 10.2 Å². The summed E-state index contributed by atoms with van der Waals surface area (Å²) in [5.74, 6) is -1.11. The van der Waals surface area contributed by atoms with Crippen molar-refractivity contribution in [3.05, 3.63) is 29.8 Å². The van der Waals surface area contributed by atoms with Gasteiger partial charge in [0.2, 0.25) is 5.91 Å². The van der Waals surface area contributed by atoms with Crippen LogP contribution in [0.1, 0.15) is 44.0 Å². The monoisotopic (exact) mass is 331 g/mol. The van der Waals surface area contributed by atoms with Gasteiger partial charge in [-0.3, -0.25) is 19.3 Å². The third kappa shape index (κ3) is 3.15. The van der Waals surface area contributed by atoms with Gasteiger partial charge in [0, 0.05) is 5.56 Å². The summed E-state index contributed by atoms with van der Waals surface area (Å²) < 4.78 is 0. The summed E-state index contributed by atoms with van der Waals surface area (Å²) >= 11 is 0. The number of benzene rings is 1. The second-order valence-corrected chi connectivity index (χ2v) is 5.76. The van der Waals surface area contributed by atoms with Crippen molar-refractivity contribution in [3.63, 3.8) is 0 Å². The topological polar surface area (TPSA) is 95.6 Å². The smallest absolute Gasteiger partial charge is 0.324 e. The molecule has 128 valence electrons. The van der Waals surface area contributed by atoms with Crippen LogP contribution in [0.15, 0.2) is 24.3 Å². The van der Waals surface area contributed by atoms with E-state index in [-0.39, 0.29) is 5.78 Å². The minimum Gasteiger partial charge on any atom is -0.324 e. The van der Waals surface area contributed by atoms with Crippen molar-refractivity contribution in [3.8, 4) is 0 Å². The maximum atomic E-state index is 12.5. The number of anilines is 1. The van der Waals surface area contributed by atoms with Crippen molar-refractivity contribution in [2.45, 2.75) is 39.2 Å². The molecule has 1 aromatic carbocycles. The van der Waals surface area contributed by atoms with Gasteiger partial charge in [0.1, 0.15) is 12.1 Å². The van der Waals surface area contributed by atoms with Crippen LogP contribution >= 0.6 is 0 Å². The number of rotatable bonds is 6. The van der Waals surface area contributed by atoms with Crippen LogP contribution < -0.4 is 10.6 Å². The van der Waals surface area contributed by atoms with Gasteiger partial charge in [-0.05, 0) is 31.9 Å². The molecule has 1 aromatic rings. The predicted molar refractivity (Wildman–Crippen MR) is 88.6 cm³/mol. The molecule has 7 nitrogen and oxygen atoms in total. The Bertz CT molecular complexity index is 695. The third-order valence-corrected chi connectivity index (χ3v) is 4.34. The van der Waals surface area contributed by atoms with Crippen molar-refractivity contribution >= 4 is 29.3 Å². The molecule has 0 spiro atoms. The lowest BCUT2D eigenvalue weighted by atomic mass is 9.93. The number of amides is 4. The Morgan fingerprint density at radius 1 is 1.17 bits per heavy atom. The molecule has 1 aliphatic rings. The maximum Gasteiger partial charge on any atom is 0.325 e. The van der Waals surface area contributed by atoms with Crippen molar-refractivity contribution in [2.24, 2.45) is 0 Å². The molecule has 0 aliphatic carbocycles. The molecule has 4 amide bonds. The van der Waals surface area contributed by atoms with Crippen LogP contribution in [0.4, 0.5) is 10.5 Å². The van der Waals surface area contributed by atoms with Gasteiger partial charge < -0.3 is 10.6 Å². The summed E-state index contributed by atoms with van der Waals surface area (Å²) in [6.07, 6.45) is 0.915.